The van der Waals surface area contributed by atoms with Crippen molar-refractivity contribution < 1.29 is 4.39 Å². The van der Waals surface area contributed by atoms with Gasteiger partial charge in [-0.25, -0.2) is 9.37 Å². The fourth-order valence-electron chi connectivity index (χ4n) is 2.88. The second kappa shape index (κ2) is 6.53. The molecule has 0 unspecified atom stereocenters. The van der Waals surface area contributed by atoms with Crippen LogP contribution in [0.3, 0.4) is 0 Å². The molecule has 0 bridgehead atoms. The van der Waals surface area contributed by atoms with Crippen molar-refractivity contribution in [1.82, 2.24) is 9.55 Å². The smallest absolute Gasteiger partial charge is 0.144 e. The number of hydrogen-bond donors (Lipinski definition) is 0. The summed E-state index contributed by atoms with van der Waals surface area (Å²) in [6, 6.07) is 3.02. The average molecular weight is 331 g/mol. The third kappa shape index (κ3) is 3.35. The van der Waals surface area contributed by atoms with Crippen molar-refractivity contribution in [3.63, 3.8) is 0 Å². The molecular weight excluding hydrogens is 310 g/mol. The van der Waals surface area contributed by atoms with Crippen LogP contribution in [0.25, 0.3) is 11.0 Å². The van der Waals surface area contributed by atoms with E-state index in [2.05, 4.69) is 37.2 Å². The Morgan fingerprint density at radius 1 is 1.19 bits per heavy atom. The zero-order valence-corrected chi connectivity index (χ0v) is 14.3. The van der Waals surface area contributed by atoms with Gasteiger partial charge in [0, 0.05) is 12.6 Å². The minimum absolute atomic E-state index is 0.121. The van der Waals surface area contributed by atoms with Gasteiger partial charge < -0.3 is 4.57 Å². The number of fused-ring (bicyclic) bond motifs is 1. The molecule has 0 fully saturated rings. The van der Waals surface area contributed by atoms with Crippen LogP contribution in [0.4, 0.5) is 4.39 Å². The minimum atomic E-state index is -0.445. The van der Waals surface area contributed by atoms with Gasteiger partial charge in [-0.05, 0) is 23.8 Å². The molecule has 0 radical (unpaired) electrons. The Balaban J connectivity index is 2.53. The first kappa shape index (κ1) is 16.6. The van der Waals surface area contributed by atoms with Crippen LogP contribution in [0.1, 0.15) is 33.5 Å². The largest absolute Gasteiger partial charge is 0.327 e. The van der Waals surface area contributed by atoms with Crippen LogP contribution in [-0.2, 0) is 12.4 Å². The molecule has 0 aliphatic carbocycles. The Kier molecular flexibility index (Phi) is 5.15. The van der Waals surface area contributed by atoms with Gasteiger partial charge in [-0.3, -0.25) is 0 Å². The van der Waals surface area contributed by atoms with Crippen molar-refractivity contribution in [2.45, 2.75) is 40.1 Å². The van der Waals surface area contributed by atoms with Crippen molar-refractivity contribution >= 4 is 34.2 Å². The van der Waals surface area contributed by atoms with Gasteiger partial charge in [0.2, 0.25) is 0 Å². The zero-order valence-electron chi connectivity index (χ0n) is 12.8. The topological polar surface area (TPSA) is 17.8 Å². The number of alkyl halides is 1. The molecule has 2 rings (SSSR count). The summed E-state index contributed by atoms with van der Waals surface area (Å²) < 4.78 is 15.7. The van der Waals surface area contributed by atoms with E-state index in [9.17, 15) is 4.39 Å². The van der Waals surface area contributed by atoms with Crippen molar-refractivity contribution in [2.75, 3.05) is 0 Å². The summed E-state index contributed by atoms with van der Waals surface area (Å²) in [5.41, 5.74) is 1.46. The predicted octanol–water partition coefficient (Wildman–Crippen LogP) is 5.50. The van der Waals surface area contributed by atoms with Gasteiger partial charge in [-0.15, -0.1) is 11.6 Å². The lowest BCUT2D eigenvalue weighted by Crippen LogP contribution is -2.22. The van der Waals surface area contributed by atoms with E-state index in [4.69, 9.17) is 23.2 Å². The van der Waals surface area contributed by atoms with Crippen LogP contribution in [0, 0.1) is 23.6 Å². The summed E-state index contributed by atoms with van der Waals surface area (Å²) in [6.45, 7) is 9.69. The Bertz CT molecular complexity index is 627. The summed E-state index contributed by atoms with van der Waals surface area (Å²) in [5, 5.41) is 0.121. The van der Waals surface area contributed by atoms with E-state index in [-0.39, 0.29) is 5.02 Å². The molecule has 0 spiro atoms. The molecule has 0 amide bonds. The lowest BCUT2D eigenvalue weighted by Gasteiger charge is -2.26. The first-order valence-electron chi connectivity index (χ1n) is 7.25. The number of rotatable bonds is 5. The lowest BCUT2D eigenvalue weighted by molar-refractivity contribution is 0.252. The molecule has 2 aromatic rings. The molecule has 0 N–H and O–H groups in total. The van der Waals surface area contributed by atoms with E-state index in [0.29, 0.717) is 29.2 Å². The van der Waals surface area contributed by atoms with Crippen molar-refractivity contribution in [3.05, 3.63) is 28.8 Å². The molecule has 0 saturated carbocycles. The standard InChI is InChI=1S/C16H21Cl2FN2/c1-9(2)11(10(3)4)8-21-15-5-12(18)13(19)6-14(15)20-16(21)7-17/h5-6,9-11H,7-8H2,1-4H3. The summed E-state index contributed by atoms with van der Waals surface area (Å²) in [6.07, 6.45) is 0. The second-order valence-electron chi connectivity index (χ2n) is 6.18. The SMILES string of the molecule is CC(C)C(Cn1c(CCl)nc2cc(F)c(Cl)cc21)C(C)C. The molecule has 116 valence electrons. The minimum Gasteiger partial charge on any atom is -0.327 e. The molecule has 1 aromatic heterocycles. The average Bonchev–Trinajstić information content (AvgIpc) is 2.73. The normalized spacial score (nSPS) is 12.3. The summed E-state index contributed by atoms with van der Waals surface area (Å²) >= 11 is 11.9. The summed E-state index contributed by atoms with van der Waals surface area (Å²) in [7, 11) is 0. The molecule has 5 heteroatoms. The molecule has 2 nitrogen and oxygen atoms in total. The van der Waals surface area contributed by atoms with Crippen molar-refractivity contribution in [2.24, 2.45) is 17.8 Å². The first-order valence-corrected chi connectivity index (χ1v) is 8.16. The maximum Gasteiger partial charge on any atom is 0.144 e. The molecule has 21 heavy (non-hydrogen) atoms. The Hall–Kier alpha value is -0.800. The van der Waals surface area contributed by atoms with Crippen LogP contribution in [0.2, 0.25) is 5.02 Å². The predicted molar refractivity (Wildman–Crippen MR) is 87.4 cm³/mol. The monoisotopic (exact) mass is 330 g/mol. The van der Waals surface area contributed by atoms with E-state index < -0.39 is 5.82 Å². The highest BCUT2D eigenvalue weighted by molar-refractivity contribution is 6.31. The van der Waals surface area contributed by atoms with E-state index >= 15 is 0 Å². The fourth-order valence-corrected chi connectivity index (χ4v) is 3.24. The Labute approximate surface area is 135 Å². The van der Waals surface area contributed by atoms with Gasteiger partial charge in [-0.2, -0.15) is 0 Å². The first-order chi connectivity index (χ1) is 9.85. The molecule has 0 aliphatic rings. The van der Waals surface area contributed by atoms with Gasteiger partial charge in [-0.1, -0.05) is 39.3 Å². The summed E-state index contributed by atoms with van der Waals surface area (Å²) in [5.74, 6) is 2.20. The number of nitrogens with zero attached hydrogens (tertiary/aromatic N) is 2. The molecule has 1 heterocycles. The maximum atomic E-state index is 13.6. The molecular formula is C16H21Cl2FN2. The molecule has 0 atom stereocenters. The molecule has 0 saturated heterocycles. The van der Waals surface area contributed by atoms with Gasteiger partial charge in [0.15, 0.2) is 0 Å². The van der Waals surface area contributed by atoms with Crippen LogP contribution < -0.4 is 0 Å². The van der Waals surface area contributed by atoms with Crippen LogP contribution in [0.15, 0.2) is 12.1 Å². The lowest BCUT2D eigenvalue weighted by atomic mass is 9.85. The number of benzene rings is 1. The van der Waals surface area contributed by atoms with Gasteiger partial charge in [0.25, 0.3) is 0 Å². The van der Waals surface area contributed by atoms with E-state index in [1.165, 1.54) is 6.07 Å². The molecule has 0 aliphatic heterocycles. The number of halogens is 3. The van der Waals surface area contributed by atoms with Crippen LogP contribution >= 0.6 is 23.2 Å². The van der Waals surface area contributed by atoms with E-state index in [1.807, 2.05) is 0 Å². The number of imidazole rings is 1. The van der Waals surface area contributed by atoms with Gasteiger partial charge >= 0.3 is 0 Å². The Morgan fingerprint density at radius 2 is 1.81 bits per heavy atom. The van der Waals surface area contributed by atoms with Crippen molar-refractivity contribution in [1.29, 1.82) is 0 Å². The van der Waals surface area contributed by atoms with E-state index in [0.717, 1.165) is 17.9 Å². The zero-order chi connectivity index (χ0) is 15.7. The van der Waals surface area contributed by atoms with Crippen LogP contribution in [-0.4, -0.2) is 9.55 Å². The summed E-state index contributed by atoms with van der Waals surface area (Å²) in [4.78, 5) is 4.44. The van der Waals surface area contributed by atoms with Crippen molar-refractivity contribution in [3.8, 4) is 0 Å². The highest BCUT2D eigenvalue weighted by Gasteiger charge is 2.21. The number of aromatic nitrogens is 2. The van der Waals surface area contributed by atoms with E-state index in [1.54, 1.807) is 6.07 Å². The third-order valence-electron chi connectivity index (χ3n) is 4.09. The highest BCUT2D eigenvalue weighted by atomic mass is 35.5. The third-order valence-corrected chi connectivity index (χ3v) is 4.62. The fraction of sp³-hybridized carbons (Fsp3) is 0.562. The van der Waals surface area contributed by atoms with Gasteiger partial charge in [0.1, 0.15) is 11.6 Å². The quantitative estimate of drug-likeness (QED) is 0.662. The van der Waals surface area contributed by atoms with Crippen LogP contribution in [0.5, 0.6) is 0 Å². The molecule has 1 aromatic carbocycles. The Morgan fingerprint density at radius 3 is 2.33 bits per heavy atom. The maximum absolute atomic E-state index is 13.6. The van der Waals surface area contributed by atoms with Gasteiger partial charge in [0.05, 0.1) is 21.9 Å². The highest BCUT2D eigenvalue weighted by Crippen LogP contribution is 2.29. The second-order valence-corrected chi connectivity index (χ2v) is 6.85. The number of hydrogen-bond acceptors (Lipinski definition) is 1.